The molecule has 2 aromatic rings. The maximum absolute atomic E-state index is 12.4. The van der Waals surface area contributed by atoms with Gasteiger partial charge >= 0.3 is 0 Å². The summed E-state index contributed by atoms with van der Waals surface area (Å²) in [7, 11) is 0. The fourth-order valence-corrected chi connectivity index (χ4v) is 2.80. The van der Waals surface area contributed by atoms with Gasteiger partial charge in [-0.25, -0.2) is 4.98 Å². The summed E-state index contributed by atoms with van der Waals surface area (Å²) in [6, 6.07) is 3.89. The lowest BCUT2D eigenvalue weighted by Crippen LogP contribution is -2.39. The molecule has 1 fully saturated rings. The zero-order valence-electron chi connectivity index (χ0n) is 13.5. The predicted molar refractivity (Wildman–Crippen MR) is 84.3 cm³/mol. The quantitative estimate of drug-likeness (QED) is 0.867. The standard InChI is InChI=1S/C17H21N3O3/c1-12-4-3-7-18-16(12)22-11-14-5-8-20(9-6-14)17(21)15-10-19-23-13(15)2/h3-4,7,10,14H,5-6,8-9,11H2,1-2H3. The molecule has 6 heteroatoms. The third-order valence-corrected chi connectivity index (χ3v) is 4.30. The second kappa shape index (κ2) is 6.81. The summed E-state index contributed by atoms with van der Waals surface area (Å²) in [5.74, 6) is 1.73. The molecule has 122 valence electrons. The van der Waals surface area contributed by atoms with E-state index in [9.17, 15) is 4.79 Å². The van der Waals surface area contributed by atoms with Gasteiger partial charge in [-0.05, 0) is 38.7 Å². The molecule has 0 saturated carbocycles. The summed E-state index contributed by atoms with van der Waals surface area (Å²) < 4.78 is 10.8. The van der Waals surface area contributed by atoms with Crippen molar-refractivity contribution in [3.8, 4) is 5.88 Å². The first-order chi connectivity index (χ1) is 11.1. The highest BCUT2D eigenvalue weighted by atomic mass is 16.5. The number of piperidine rings is 1. The Morgan fingerprint density at radius 3 is 2.83 bits per heavy atom. The van der Waals surface area contributed by atoms with Crippen LogP contribution in [-0.2, 0) is 0 Å². The van der Waals surface area contributed by atoms with E-state index in [4.69, 9.17) is 9.26 Å². The Morgan fingerprint density at radius 2 is 2.17 bits per heavy atom. The summed E-state index contributed by atoms with van der Waals surface area (Å²) in [6.45, 7) is 5.87. The number of likely N-dealkylation sites (tertiary alicyclic amines) is 1. The SMILES string of the molecule is Cc1cccnc1OCC1CCN(C(=O)c2cnoc2C)CC1. The predicted octanol–water partition coefficient (Wildman–Crippen LogP) is 2.62. The van der Waals surface area contributed by atoms with E-state index in [1.54, 1.807) is 13.1 Å². The van der Waals surface area contributed by atoms with Gasteiger partial charge in [-0.3, -0.25) is 4.79 Å². The minimum atomic E-state index is 0.00342. The number of nitrogens with zero attached hydrogens (tertiary/aromatic N) is 3. The summed E-state index contributed by atoms with van der Waals surface area (Å²) in [5, 5.41) is 3.67. The largest absolute Gasteiger partial charge is 0.477 e. The van der Waals surface area contributed by atoms with Crippen LogP contribution in [0, 0.1) is 19.8 Å². The normalized spacial score (nSPS) is 15.7. The molecular formula is C17H21N3O3. The lowest BCUT2D eigenvalue weighted by molar-refractivity contribution is 0.0657. The summed E-state index contributed by atoms with van der Waals surface area (Å²) >= 11 is 0. The number of carbonyl (C=O) groups is 1. The van der Waals surface area contributed by atoms with Crippen LogP contribution in [0.4, 0.5) is 0 Å². The summed E-state index contributed by atoms with van der Waals surface area (Å²) in [5.41, 5.74) is 1.60. The average Bonchev–Trinajstić information content (AvgIpc) is 3.00. The average molecular weight is 315 g/mol. The second-order valence-electron chi connectivity index (χ2n) is 5.97. The van der Waals surface area contributed by atoms with E-state index in [1.807, 2.05) is 24.0 Å². The molecule has 3 rings (SSSR count). The van der Waals surface area contributed by atoms with Crippen molar-refractivity contribution in [2.24, 2.45) is 5.92 Å². The van der Waals surface area contributed by atoms with Crippen molar-refractivity contribution < 1.29 is 14.1 Å². The lowest BCUT2D eigenvalue weighted by atomic mass is 9.97. The van der Waals surface area contributed by atoms with Crippen molar-refractivity contribution in [1.29, 1.82) is 0 Å². The van der Waals surface area contributed by atoms with Crippen molar-refractivity contribution >= 4 is 5.91 Å². The number of ether oxygens (including phenoxy) is 1. The van der Waals surface area contributed by atoms with Crippen LogP contribution in [0.1, 0.15) is 34.5 Å². The van der Waals surface area contributed by atoms with Crippen LogP contribution >= 0.6 is 0 Å². The smallest absolute Gasteiger partial charge is 0.259 e. The number of aryl methyl sites for hydroxylation is 2. The van der Waals surface area contributed by atoms with Crippen molar-refractivity contribution in [2.45, 2.75) is 26.7 Å². The molecule has 0 spiro atoms. The lowest BCUT2D eigenvalue weighted by Gasteiger charge is -2.31. The fourth-order valence-electron chi connectivity index (χ4n) is 2.80. The first-order valence-corrected chi connectivity index (χ1v) is 7.90. The molecule has 0 bridgehead atoms. The molecule has 23 heavy (non-hydrogen) atoms. The molecule has 0 N–H and O–H groups in total. The number of hydrogen-bond donors (Lipinski definition) is 0. The Kier molecular flexibility index (Phi) is 4.60. The molecule has 0 aromatic carbocycles. The Hall–Kier alpha value is -2.37. The van der Waals surface area contributed by atoms with Crippen molar-refractivity contribution in [3.05, 3.63) is 41.4 Å². The zero-order chi connectivity index (χ0) is 16.2. The minimum absolute atomic E-state index is 0.00342. The number of pyridine rings is 1. The molecule has 2 aromatic heterocycles. The van der Waals surface area contributed by atoms with E-state index >= 15 is 0 Å². The van der Waals surface area contributed by atoms with E-state index in [0.717, 1.165) is 31.5 Å². The van der Waals surface area contributed by atoms with Crippen LogP contribution in [0.2, 0.25) is 0 Å². The van der Waals surface area contributed by atoms with E-state index < -0.39 is 0 Å². The third kappa shape index (κ3) is 3.52. The van der Waals surface area contributed by atoms with Gasteiger partial charge in [-0.2, -0.15) is 0 Å². The van der Waals surface area contributed by atoms with Gasteiger partial charge in [0.15, 0.2) is 0 Å². The Morgan fingerprint density at radius 1 is 1.39 bits per heavy atom. The maximum atomic E-state index is 12.4. The highest BCUT2D eigenvalue weighted by Gasteiger charge is 2.26. The van der Waals surface area contributed by atoms with Crippen molar-refractivity contribution in [1.82, 2.24) is 15.0 Å². The van der Waals surface area contributed by atoms with E-state index in [2.05, 4.69) is 10.1 Å². The Balaban J connectivity index is 1.50. The molecule has 0 unspecified atom stereocenters. The van der Waals surface area contributed by atoms with Crippen molar-refractivity contribution in [2.75, 3.05) is 19.7 Å². The van der Waals surface area contributed by atoms with Crippen LogP contribution in [0.15, 0.2) is 29.0 Å². The monoisotopic (exact) mass is 315 g/mol. The van der Waals surface area contributed by atoms with E-state index in [-0.39, 0.29) is 5.91 Å². The summed E-state index contributed by atoms with van der Waals surface area (Å²) in [6.07, 6.45) is 5.10. The number of aromatic nitrogens is 2. The van der Waals surface area contributed by atoms with Gasteiger partial charge in [0, 0.05) is 24.8 Å². The summed E-state index contributed by atoms with van der Waals surface area (Å²) in [4.78, 5) is 18.5. The number of carbonyl (C=O) groups excluding carboxylic acids is 1. The van der Waals surface area contributed by atoms with Gasteiger partial charge < -0.3 is 14.2 Å². The number of hydrogen-bond acceptors (Lipinski definition) is 5. The van der Waals surface area contributed by atoms with E-state index in [0.29, 0.717) is 29.7 Å². The fraction of sp³-hybridized carbons (Fsp3) is 0.471. The first kappa shape index (κ1) is 15.5. The van der Waals surface area contributed by atoms with Gasteiger partial charge in [0.05, 0.1) is 12.8 Å². The molecule has 0 radical (unpaired) electrons. The van der Waals surface area contributed by atoms with Crippen LogP contribution < -0.4 is 4.74 Å². The molecule has 1 aliphatic heterocycles. The van der Waals surface area contributed by atoms with Gasteiger partial charge in [0.2, 0.25) is 5.88 Å². The molecule has 1 aliphatic rings. The van der Waals surface area contributed by atoms with Gasteiger partial charge in [-0.15, -0.1) is 0 Å². The topological polar surface area (TPSA) is 68.5 Å². The van der Waals surface area contributed by atoms with Gasteiger partial charge in [-0.1, -0.05) is 11.2 Å². The molecule has 6 nitrogen and oxygen atoms in total. The molecule has 3 heterocycles. The van der Waals surface area contributed by atoms with Crippen LogP contribution in [0.3, 0.4) is 0 Å². The van der Waals surface area contributed by atoms with Crippen LogP contribution in [0.5, 0.6) is 5.88 Å². The van der Waals surface area contributed by atoms with Gasteiger partial charge in [0.1, 0.15) is 11.3 Å². The second-order valence-corrected chi connectivity index (χ2v) is 5.97. The highest BCUT2D eigenvalue weighted by molar-refractivity contribution is 5.94. The van der Waals surface area contributed by atoms with Crippen molar-refractivity contribution in [3.63, 3.8) is 0 Å². The molecule has 0 atom stereocenters. The zero-order valence-corrected chi connectivity index (χ0v) is 13.5. The number of amides is 1. The van der Waals surface area contributed by atoms with Gasteiger partial charge in [0.25, 0.3) is 5.91 Å². The Labute approximate surface area is 135 Å². The maximum Gasteiger partial charge on any atom is 0.259 e. The first-order valence-electron chi connectivity index (χ1n) is 7.90. The molecule has 1 amide bonds. The van der Waals surface area contributed by atoms with E-state index in [1.165, 1.54) is 6.20 Å². The van der Waals surface area contributed by atoms with Crippen LogP contribution in [0.25, 0.3) is 0 Å². The molecule has 1 saturated heterocycles. The minimum Gasteiger partial charge on any atom is -0.477 e. The number of rotatable bonds is 4. The Bertz CT molecular complexity index is 675. The highest BCUT2D eigenvalue weighted by Crippen LogP contribution is 2.22. The third-order valence-electron chi connectivity index (χ3n) is 4.30. The molecule has 0 aliphatic carbocycles. The van der Waals surface area contributed by atoms with Crippen LogP contribution in [-0.4, -0.2) is 40.6 Å². The molecular weight excluding hydrogens is 294 g/mol.